The minimum Gasteiger partial charge on any atom is -0.481 e. The van der Waals surface area contributed by atoms with Crippen LogP contribution in [0.25, 0.3) is 11.4 Å². The number of carboxylic acids is 1. The first kappa shape index (κ1) is 13.1. The molecule has 3 rings (SSSR count). The van der Waals surface area contributed by atoms with Crippen molar-refractivity contribution >= 4 is 17.6 Å². The normalized spacial score (nSPS) is 16.1. The first-order chi connectivity index (χ1) is 9.63. The third kappa shape index (κ3) is 2.52. The lowest BCUT2D eigenvalue weighted by molar-refractivity contribution is -0.147. The lowest BCUT2D eigenvalue weighted by Gasteiger charge is -2.36. The number of nitrogens with zero attached hydrogens (tertiary/aromatic N) is 3. The van der Waals surface area contributed by atoms with E-state index >= 15 is 0 Å². The van der Waals surface area contributed by atoms with Crippen LogP contribution in [0.1, 0.15) is 5.56 Å². The number of likely N-dealkylation sites (tertiary alicyclic amines) is 1. The minimum absolute atomic E-state index is 0.246. The summed E-state index contributed by atoms with van der Waals surface area (Å²) in [6.45, 7) is 1.86. The second-order valence-electron chi connectivity index (χ2n) is 4.80. The monoisotopic (exact) mass is 293 g/mol. The average molecular weight is 294 g/mol. The Morgan fingerprint density at radius 2 is 2.30 bits per heavy atom. The van der Waals surface area contributed by atoms with Crippen LogP contribution in [0.4, 0.5) is 0 Å². The standard InChI is InChI=1S/C13H12ClN3O3/c14-11-3-8(4-17-5-9(6-17)13(18)19)1-2-10(11)12-15-7-20-16-12/h1-3,7,9H,4-6H2,(H,18,19). The summed E-state index contributed by atoms with van der Waals surface area (Å²) >= 11 is 6.21. The van der Waals surface area contributed by atoms with Gasteiger partial charge >= 0.3 is 5.97 Å². The minimum atomic E-state index is -0.730. The molecule has 0 unspecified atom stereocenters. The summed E-state index contributed by atoms with van der Waals surface area (Å²) in [6.07, 6.45) is 1.26. The van der Waals surface area contributed by atoms with Gasteiger partial charge in [0.2, 0.25) is 12.2 Å². The van der Waals surface area contributed by atoms with Gasteiger partial charge in [0.05, 0.1) is 10.9 Å². The smallest absolute Gasteiger partial charge is 0.309 e. The molecule has 7 heteroatoms. The molecule has 1 saturated heterocycles. The van der Waals surface area contributed by atoms with Gasteiger partial charge in [-0.25, -0.2) is 0 Å². The maximum Gasteiger partial charge on any atom is 0.309 e. The van der Waals surface area contributed by atoms with Crippen LogP contribution < -0.4 is 0 Å². The molecule has 0 aliphatic carbocycles. The zero-order valence-corrected chi connectivity index (χ0v) is 11.2. The largest absolute Gasteiger partial charge is 0.481 e. The molecule has 1 fully saturated rings. The summed E-state index contributed by atoms with van der Waals surface area (Å²) in [4.78, 5) is 16.8. The van der Waals surface area contributed by atoms with Crippen molar-refractivity contribution in [2.24, 2.45) is 5.92 Å². The molecule has 2 heterocycles. The van der Waals surface area contributed by atoms with Crippen molar-refractivity contribution in [3.63, 3.8) is 0 Å². The fourth-order valence-corrected chi connectivity index (χ4v) is 2.53. The molecule has 0 spiro atoms. The zero-order chi connectivity index (χ0) is 14.1. The molecule has 0 atom stereocenters. The Labute approximate surface area is 120 Å². The Kier molecular flexibility index (Phi) is 3.42. The lowest BCUT2D eigenvalue weighted by Crippen LogP contribution is -2.49. The molecule has 2 aromatic rings. The van der Waals surface area contributed by atoms with Gasteiger partial charge in [-0.15, -0.1) is 0 Å². The third-order valence-corrected chi connectivity index (χ3v) is 3.66. The predicted molar refractivity (Wildman–Crippen MR) is 71.1 cm³/mol. The summed E-state index contributed by atoms with van der Waals surface area (Å²) in [6, 6.07) is 5.63. The predicted octanol–water partition coefficient (Wildman–Crippen LogP) is 1.91. The third-order valence-electron chi connectivity index (χ3n) is 3.35. The summed E-state index contributed by atoms with van der Waals surface area (Å²) in [5.41, 5.74) is 1.75. The van der Waals surface area contributed by atoms with Crippen molar-refractivity contribution in [2.75, 3.05) is 13.1 Å². The van der Waals surface area contributed by atoms with E-state index in [0.29, 0.717) is 30.5 Å². The Balaban J connectivity index is 1.68. The Morgan fingerprint density at radius 3 is 2.90 bits per heavy atom. The summed E-state index contributed by atoms with van der Waals surface area (Å²) in [5, 5.41) is 13.1. The van der Waals surface area contributed by atoms with Crippen LogP contribution >= 0.6 is 11.6 Å². The lowest BCUT2D eigenvalue weighted by atomic mass is 9.99. The van der Waals surface area contributed by atoms with Gasteiger partial charge in [-0.3, -0.25) is 9.69 Å². The molecule has 0 amide bonds. The van der Waals surface area contributed by atoms with Crippen molar-refractivity contribution in [2.45, 2.75) is 6.54 Å². The number of hydrogen-bond acceptors (Lipinski definition) is 5. The molecule has 0 radical (unpaired) electrons. The number of hydrogen-bond donors (Lipinski definition) is 1. The quantitative estimate of drug-likeness (QED) is 0.927. The summed E-state index contributed by atoms with van der Waals surface area (Å²) in [5.74, 6) is -0.521. The Bertz CT molecular complexity index is 624. The molecule has 104 valence electrons. The number of aromatic nitrogens is 2. The molecule has 0 bridgehead atoms. The fraction of sp³-hybridized carbons (Fsp3) is 0.308. The molecular weight excluding hydrogens is 282 g/mol. The second kappa shape index (κ2) is 5.22. The van der Waals surface area contributed by atoms with Gasteiger partial charge in [0.15, 0.2) is 0 Å². The van der Waals surface area contributed by atoms with Gasteiger partial charge in [-0.2, -0.15) is 4.98 Å². The van der Waals surface area contributed by atoms with Crippen molar-refractivity contribution in [1.29, 1.82) is 0 Å². The molecule has 1 aromatic carbocycles. The Morgan fingerprint density at radius 1 is 1.50 bits per heavy atom. The van der Waals surface area contributed by atoms with E-state index in [0.717, 1.165) is 11.1 Å². The van der Waals surface area contributed by atoms with Crippen LogP contribution in [-0.2, 0) is 11.3 Å². The highest BCUT2D eigenvalue weighted by atomic mass is 35.5. The van der Waals surface area contributed by atoms with Crippen molar-refractivity contribution in [3.8, 4) is 11.4 Å². The highest BCUT2D eigenvalue weighted by molar-refractivity contribution is 6.33. The van der Waals surface area contributed by atoms with E-state index in [1.54, 1.807) is 0 Å². The van der Waals surface area contributed by atoms with Crippen LogP contribution in [-0.4, -0.2) is 39.2 Å². The van der Waals surface area contributed by atoms with E-state index in [1.165, 1.54) is 6.39 Å². The molecule has 6 nitrogen and oxygen atoms in total. The van der Waals surface area contributed by atoms with Gasteiger partial charge in [-0.05, 0) is 17.7 Å². The SMILES string of the molecule is O=C(O)C1CN(Cc2ccc(-c3ncon3)c(Cl)c2)C1. The number of aliphatic carboxylic acids is 1. The van der Waals surface area contributed by atoms with Crippen molar-refractivity contribution in [3.05, 3.63) is 35.2 Å². The number of carbonyl (C=O) groups is 1. The Hall–Kier alpha value is -1.92. The highest BCUT2D eigenvalue weighted by Gasteiger charge is 2.32. The maximum absolute atomic E-state index is 10.7. The maximum atomic E-state index is 10.7. The van der Waals surface area contributed by atoms with E-state index in [1.807, 2.05) is 18.2 Å². The van der Waals surface area contributed by atoms with Crippen molar-refractivity contribution in [1.82, 2.24) is 15.0 Å². The van der Waals surface area contributed by atoms with Crippen LogP contribution in [0.3, 0.4) is 0 Å². The van der Waals surface area contributed by atoms with Gasteiger partial charge in [0.1, 0.15) is 0 Å². The number of benzene rings is 1. The first-order valence-electron chi connectivity index (χ1n) is 6.14. The summed E-state index contributed by atoms with van der Waals surface area (Å²) < 4.78 is 4.70. The van der Waals surface area contributed by atoms with Crippen LogP contribution in [0.2, 0.25) is 5.02 Å². The number of carboxylic acid groups (broad SMARTS) is 1. The summed E-state index contributed by atoms with van der Waals surface area (Å²) in [7, 11) is 0. The van der Waals surface area contributed by atoms with Crippen LogP contribution in [0.5, 0.6) is 0 Å². The molecule has 0 saturated carbocycles. The zero-order valence-electron chi connectivity index (χ0n) is 10.5. The average Bonchev–Trinajstić information content (AvgIpc) is 2.86. The van der Waals surface area contributed by atoms with E-state index in [9.17, 15) is 4.79 Å². The second-order valence-corrected chi connectivity index (χ2v) is 5.21. The van der Waals surface area contributed by atoms with Gasteiger partial charge in [-0.1, -0.05) is 22.8 Å². The van der Waals surface area contributed by atoms with Gasteiger partial charge < -0.3 is 9.63 Å². The van der Waals surface area contributed by atoms with Crippen LogP contribution in [0.15, 0.2) is 29.1 Å². The molecule has 1 aliphatic rings. The van der Waals surface area contributed by atoms with E-state index < -0.39 is 5.97 Å². The van der Waals surface area contributed by atoms with E-state index in [4.69, 9.17) is 21.2 Å². The van der Waals surface area contributed by atoms with Crippen molar-refractivity contribution < 1.29 is 14.4 Å². The molecule has 20 heavy (non-hydrogen) atoms. The first-order valence-corrected chi connectivity index (χ1v) is 6.51. The van der Waals surface area contributed by atoms with Gasteiger partial charge in [0, 0.05) is 25.2 Å². The highest BCUT2D eigenvalue weighted by Crippen LogP contribution is 2.27. The van der Waals surface area contributed by atoms with E-state index in [-0.39, 0.29) is 5.92 Å². The molecule has 1 aliphatic heterocycles. The fourth-order valence-electron chi connectivity index (χ4n) is 2.24. The molecule has 1 aromatic heterocycles. The number of rotatable bonds is 4. The molecular formula is C13H12ClN3O3. The molecule has 1 N–H and O–H groups in total. The van der Waals surface area contributed by atoms with Crippen LogP contribution in [0, 0.1) is 5.92 Å². The number of halogens is 1. The van der Waals surface area contributed by atoms with E-state index in [2.05, 4.69) is 15.0 Å². The van der Waals surface area contributed by atoms with Gasteiger partial charge in [0.25, 0.3) is 0 Å². The topological polar surface area (TPSA) is 79.5 Å².